The molecule has 8 nitrogen and oxygen atoms in total. The van der Waals surface area contributed by atoms with E-state index in [0.29, 0.717) is 30.4 Å². The number of fused-ring (bicyclic) bond motifs is 2. The summed E-state index contributed by atoms with van der Waals surface area (Å²) in [6, 6.07) is 11.5. The maximum Gasteiger partial charge on any atom is 0.274 e. The Bertz CT molecular complexity index is 1100. The average molecular weight is 359 g/mol. The predicted molar refractivity (Wildman–Crippen MR) is 97.9 cm³/mol. The van der Waals surface area contributed by atoms with Crippen molar-refractivity contribution in [1.82, 2.24) is 34.0 Å². The topological polar surface area (TPSA) is 81.2 Å². The third-order valence-electron chi connectivity index (χ3n) is 4.84. The number of carbonyl (C=O) groups is 1. The quantitative estimate of drug-likeness (QED) is 0.548. The first kappa shape index (κ1) is 15.7. The zero-order chi connectivity index (χ0) is 18.4. The first-order valence-corrected chi connectivity index (χ1v) is 8.81. The summed E-state index contributed by atoms with van der Waals surface area (Å²) in [6.07, 6.45) is 5.20. The zero-order valence-corrected chi connectivity index (χ0v) is 14.7. The SMILES string of the molecule is C[C@H]1c2nc(-c3ccccc3)nn2CCN1C(=O)c1cn2cccnc2n1. The molecule has 4 heterocycles. The predicted octanol–water partition coefficient (Wildman–Crippen LogP) is 2.20. The van der Waals surface area contributed by atoms with E-state index in [1.165, 1.54) is 0 Å². The van der Waals surface area contributed by atoms with Crippen LogP contribution in [0, 0.1) is 0 Å². The summed E-state index contributed by atoms with van der Waals surface area (Å²) in [5.74, 6) is 1.86. The minimum Gasteiger partial charge on any atom is -0.325 e. The van der Waals surface area contributed by atoms with Gasteiger partial charge in [-0.3, -0.25) is 9.20 Å². The first-order valence-electron chi connectivity index (χ1n) is 8.81. The molecule has 1 atom stereocenters. The van der Waals surface area contributed by atoms with Gasteiger partial charge in [-0.25, -0.2) is 19.6 Å². The molecule has 0 N–H and O–H groups in total. The summed E-state index contributed by atoms with van der Waals surface area (Å²) < 4.78 is 3.64. The van der Waals surface area contributed by atoms with Crippen molar-refractivity contribution in [2.24, 2.45) is 0 Å². The summed E-state index contributed by atoms with van der Waals surface area (Å²) in [4.78, 5) is 28.0. The molecule has 8 heteroatoms. The van der Waals surface area contributed by atoms with Gasteiger partial charge < -0.3 is 4.90 Å². The fraction of sp³-hybridized carbons (Fsp3) is 0.211. The van der Waals surface area contributed by atoms with E-state index in [1.807, 2.05) is 48.1 Å². The van der Waals surface area contributed by atoms with Crippen molar-refractivity contribution in [3.8, 4) is 11.4 Å². The normalized spacial score (nSPS) is 16.5. The minimum absolute atomic E-state index is 0.122. The molecule has 5 rings (SSSR count). The number of amides is 1. The van der Waals surface area contributed by atoms with Crippen LogP contribution >= 0.6 is 0 Å². The van der Waals surface area contributed by atoms with Gasteiger partial charge in [0.1, 0.15) is 11.5 Å². The molecule has 0 fully saturated rings. The second kappa shape index (κ2) is 6.01. The number of imidazole rings is 1. The molecule has 1 amide bonds. The lowest BCUT2D eigenvalue weighted by molar-refractivity contribution is 0.0625. The fourth-order valence-electron chi connectivity index (χ4n) is 3.43. The Morgan fingerprint density at radius 1 is 1.11 bits per heavy atom. The zero-order valence-electron chi connectivity index (χ0n) is 14.7. The van der Waals surface area contributed by atoms with Crippen LogP contribution in [-0.4, -0.2) is 46.5 Å². The summed E-state index contributed by atoms with van der Waals surface area (Å²) in [5, 5.41) is 4.61. The number of hydrogen-bond acceptors (Lipinski definition) is 5. The number of carbonyl (C=O) groups excluding carboxylic acids is 1. The molecular weight excluding hydrogens is 342 g/mol. The van der Waals surface area contributed by atoms with Gasteiger partial charge in [-0.2, -0.15) is 5.10 Å². The molecule has 0 saturated heterocycles. The molecule has 3 aromatic heterocycles. The highest BCUT2D eigenvalue weighted by molar-refractivity contribution is 5.93. The van der Waals surface area contributed by atoms with Crippen LogP contribution in [0.1, 0.15) is 29.3 Å². The lowest BCUT2D eigenvalue weighted by Crippen LogP contribution is -2.41. The largest absolute Gasteiger partial charge is 0.325 e. The number of hydrogen-bond donors (Lipinski definition) is 0. The highest BCUT2D eigenvalue weighted by Gasteiger charge is 2.32. The van der Waals surface area contributed by atoms with Crippen molar-refractivity contribution >= 4 is 11.7 Å². The van der Waals surface area contributed by atoms with Crippen molar-refractivity contribution in [2.75, 3.05) is 6.54 Å². The van der Waals surface area contributed by atoms with Crippen LogP contribution in [-0.2, 0) is 6.54 Å². The van der Waals surface area contributed by atoms with E-state index in [1.54, 1.807) is 27.8 Å². The van der Waals surface area contributed by atoms with Gasteiger partial charge in [0.05, 0.1) is 12.6 Å². The van der Waals surface area contributed by atoms with E-state index in [-0.39, 0.29) is 11.9 Å². The third-order valence-corrected chi connectivity index (χ3v) is 4.84. The molecule has 0 saturated carbocycles. The fourth-order valence-corrected chi connectivity index (χ4v) is 3.43. The maximum absolute atomic E-state index is 13.0. The van der Waals surface area contributed by atoms with E-state index >= 15 is 0 Å². The summed E-state index contributed by atoms with van der Waals surface area (Å²) in [6.45, 7) is 3.14. The molecule has 0 unspecified atom stereocenters. The second-order valence-electron chi connectivity index (χ2n) is 6.51. The number of rotatable bonds is 2. The number of aromatic nitrogens is 6. The van der Waals surface area contributed by atoms with Crippen molar-refractivity contribution in [2.45, 2.75) is 19.5 Å². The van der Waals surface area contributed by atoms with Crippen LogP contribution in [0.2, 0.25) is 0 Å². The van der Waals surface area contributed by atoms with Crippen LogP contribution in [0.5, 0.6) is 0 Å². The molecular formula is C19H17N7O. The van der Waals surface area contributed by atoms with E-state index < -0.39 is 0 Å². The molecule has 27 heavy (non-hydrogen) atoms. The lowest BCUT2D eigenvalue weighted by atomic mass is 10.2. The van der Waals surface area contributed by atoms with E-state index in [2.05, 4.69) is 15.1 Å². The van der Waals surface area contributed by atoms with Gasteiger partial charge in [0.15, 0.2) is 5.82 Å². The maximum atomic E-state index is 13.0. The van der Waals surface area contributed by atoms with Crippen molar-refractivity contribution in [1.29, 1.82) is 0 Å². The highest BCUT2D eigenvalue weighted by Crippen LogP contribution is 2.27. The smallest absolute Gasteiger partial charge is 0.274 e. The summed E-state index contributed by atoms with van der Waals surface area (Å²) in [7, 11) is 0. The number of nitrogens with zero attached hydrogens (tertiary/aromatic N) is 7. The van der Waals surface area contributed by atoms with Crippen molar-refractivity contribution in [3.05, 3.63) is 66.5 Å². The van der Waals surface area contributed by atoms with E-state index in [4.69, 9.17) is 4.98 Å². The minimum atomic E-state index is -0.186. The molecule has 4 aromatic rings. The van der Waals surface area contributed by atoms with Crippen LogP contribution in [0.4, 0.5) is 0 Å². The third kappa shape index (κ3) is 2.57. The molecule has 1 aliphatic rings. The summed E-state index contributed by atoms with van der Waals surface area (Å²) in [5.41, 5.74) is 1.35. The molecule has 0 radical (unpaired) electrons. The molecule has 1 aromatic carbocycles. The Morgan fingerprint density at radius 2 is 1.96 bits per heavy atom. The Labute approximate surface area is 155 Å². The summed E-state index contributed by atoms with van der Waals surface area (Å²) >= 11 is 0. The Hall–Kier alpha value is -3.55. The Balaban J connectivity index is 1.46. The van der Waals surface area contributed by atoms with Gasteiger partial charge >= 0.3 is 0 Å². The average Bonchev–Trinajstić information content (AvgIpc) is 3.33. The molecule has 0 bridgehead atoms. The van der Waals surface area contributed by atoms with Crippen LogP contribution in [0.25, 0.3) is 17.2 Å². The molecule has 0 spiro atoms. The Morgan fingerprint density at radius 3 is 2.78 bits per heavy atom. The lowest BCUT2D eigenvalue weighted by Gasteiger charge is -2.32. The standard InChI is InChI=1S/C19H17N7O/c1-13-17-22-16(14-6-3-2-4-7-14)23-26(17)11-10-25(13)18(27)15-12-24-9-5-8-20-19(24)21-15/h2-9,12-13H,10-11H2,1H3/t13-/m0/s1. The van der Waals surface area contributed by atoms with Gasteiger partial charge in [0.25, 0.3) is 5.91 Å². The van der Waals surface area contributed by atoms with Crippen LogP contribution in [0.15, 0.2) is 55.0 Å². The Kier molecular flexibility index (Phi) is 3.49. The van der Waals surface area contributed by atoms with Gasteiger partial charge in [-0.15, -0.1) is 0 Å². The second-order valence-corrected chi connectivity index (χ2v) is 6.51. The van der Waals surface area contributed by atoms with Gasteiger partial charge in [0.2, 0.25) is 5.78 Å². The van der Waals surface area contributed by atoms with Gasteiger partial charge in [-0.05, 0) is 13.0 Å². The monoisotopic (exact) mass is 359 g/mol. The first-order chi connectivity index (χ1) is 13.2. The van der Waals surface area contributed by atoms with Crippen LogP contribution < -0.4 is 0 Å². The van der Waals surface area contributed by atoms with Gasteiger partial charge in [-0.1, -0.05) is 30.3 Å². The molecule has 134 valence electrons. The van der Waals surface area contributed by atoms with Crippen molar-refractivity contribution in [3.63, 3.8) is 0 Å². The van der Waals surface area contributed by atoms with E-state index in [9.17, 15) is 4.79 Å². The number of benzene rings is 1. The van der Waals surface area contributed by atoms with Crippen LogP contribution in [0.3, 0.4) is 0 Å². The highest BCUT2D eigenvalue weighted by atomic mass is 16.2. The van der Waals surface area contributed by atoms with Crippen molar-refractivity contribution < 1.29 is 4.79 Å². The molecule has 1 aliphatic heterocycles. The van der Waals surface area contributed by atoms with Gasteiger partial charge in [0, 0.05) is 30.7 Å². The van der Waals surface area contributed by atoms with E-state index in [0.717, 1.165) is 11.4 Å². The molecule has 0 aliphatic carbocycles.